The quantitative estimate of drug-likeness (QED) is 0.817. The number of carbonyl (C=O) groups excluding carboxylic acids is 1. The molecule has 0 spiro atoms. The smallest absolute Gasteiger partial charge is 0.319 e. The van der Waals surface area contributed by atoms with Crippen molar-refractivity contribution in [2.75, 3.05) is 5.32 Å². The van der Waals surface area contributed by atoms with Crippen LogP contribution in [-0.2, 0) is 9.59 Å². The summed E-state index contributed by atoms with van der Waals surface area (Å²) in [5.41, 5.74) is -1.19. The van der Waals surface area contributed by atoms with E-state index in [2.05, 4.69) is 5.32 Å². The first-order chi connectivity index (χ1) is 7.94. The van der Waals surface area contributed by atoms with Crippen LogP contribution in [0.25, 0.3) is 0 Å². The number of carboxylic acids is 1. The van der Waals surface area contributed by atoms with Gasteiger partial charge in [0.1, 0.15) is 11.2 Å². The molecular weight excluding hydrogens is 249 g/mol. The molecule has 1 aromatic rings. The Bertz CT molecular complexity index is 479. The molecule has 4 nitrogen and oxygen atoms in total. The summed E-state index contributed by atoms with van der Waals surface area (Å²) in [7, 11) is 0. The maximum Gasteiger partial charge on any atom is 0.319 e. The van der Waals surface area contributed by atoms with Crippen molar-refractivity contribution < 1.29 is 19.1 Å². The number of hydrogen-bond donors (Lipinski definition) is 2. The van der Waals surface area contributed by atoms with E-state index in [1.807, 2.05) is 0 Å². The Balaban J connectivity index is 2.16. The molecule has 0 heterocycles. The monoisotopic (exact) mass is 257 g/mol. The van der Waals surface area contributed by atoms with Gasteiger partial charge in [-0.1, -0.05) is 11.6 Å². The van der Waals surface area contributed by atoms with Gasteiger partial charge in [-0.3, -0.25) is 9.59 Å². The van der Waals surface area contributed by atoms with Crippen LogP contribution in [0.4, 0.5) is 10.1 Å². The SMILES string of the molecule is O=C(O)C1(C(=O)Nc2cc(F)cc(Cl)c2)CC1. The van der Waals surface area contributed by atoms with Gasteiger partial charge in [0.05, 0.1) is 0 Å². The number of carbonyl (C=O) groups is 2. The van der Waals surface area contributed by atoms with Gasteiger partial charge in [0.15, 0.2) is 0 Å². The zero-order valence-corrected chi connectivity index (χ0v) is 9.42. The molecular formula is C11H9ClFNO3. The topological polar surface area (TPSA) is 66.4 Å². The number of anilines is 1. The largest absolute Gasteiger partial charge is 0.480 e. The van der Waals surface area contributed by atoms with E-state index in [-0.39, 0.29) is 10.7 Å². The van der Waals surface area contributed by atoms with Crippen LogP contribution in [0.3, 0.4) is 0 Å². The van der Waals surface area contributed by atoms with Crippen LogP contribution in [0.15, 0.2) is 18.2 Å². The summed E-state index contributed by atoms with van der Waals surface area (Å²) >= 11 is 5.62. The van der Waals surface area contributed by atoms with Crippen molar-refractivity contribution in [2.45, 2.75) is 12.8 Å². The third-order valence-electron chi connectivity index (χ3n) is 2.71. The molecule has 17 heavy (non-hydrogen) atoms. The lowest BCUT2D eigenvalue weighted by Gasteiger charge is -2.11. The first-order valence-corrected chi connectivity index (χ1v) is 5.33. The van der Waals surface area contributed by atoms with E-state index in [4.69, 9.17) is 16.7 Å². The summed E-state index contributed by atoms with van der Waals surface area (Å²) in [6.45, 7) is 0. The number of hydrogen-bond acceptors (Lipinski definition) is 2. The van der Waals surface area contributed by atoms with E-state index in [1.165, 1.54) is 6.07 Å². The van der Waals surface area contributed by atoms with Crippen molar-refractivity contribution in [1.82, 2.24) is 0 Å². The van der Waals surface area contributed by atoms with Gasteiger partial charge in [-0.25, -0.2) is 4.39 Å². The van der Waals surface area contributed by atoms with Crippen molar-refractivity contribution in [1.29, 1.82) is 0 Å². The second kappa shape index (κ2) is 4.00. The fourth-order valence-electron chi connectivity index (χ4n) is 1.54. The van der Waals surface area contributed by atoms with E-state index < -0.39 is 23.1 Å². The van der Waals surface area contributed by atoms with Gasteiger partial charge >= 0.3 is 5.97 Å². The molecule has 1 aliphatic rings. The molecule has 0 bridgehead atoms. The van der Waals surface area contributed by atoms with Crippen LogP contribution in [-0.4, -0.2) is 17.0 Å². The highest BCUT2D eigenvalue weighted by Gasteiger charge is 2.57. The first-order valence-electron chi connectivity index (χ1n) is 4.95. The van der Waals surface area contributed by atoms with Crippen LogP contribution in [0.2, 0.25) is 5.02 Å². The molecule has 0 aliphatic heterocycles. The number of rotatable bonds is 3. The lowest BCUT2D eigenvalue weighted by molar-refractivity contribution is -0.147. The lowest BCUT2D eigenvalue weighted by atomic mass is 10.1. The summed E-state index contributed by atoms with van der Waals surface area (Å²) < 4.78 is 13.0. The molecule has 90 valence electrons. The highest BCUT2D eigenvalue weighted by Crippen LogP contribution is 2.46. The molecule has 1 fully saturated rings. The van der Waals surface area contributed by atoms with Crippen molar-refractivity contribution in [2.24, 2.45) is 5.41 Å². The van der Waals surface area contributed by atoms with Crippen molar-refractivity contribution in [3.05, 3.63) is 29.0 Å². The fourth-order valence-corrected chi connectivity index (χ4v) is 1.76. The molecule has 2 rings (SSSR count). The van der Waals surface area contributed by atoms with E-state index in [0.29, 0.717) is 12.8 Å². The minimum absolute atomic E-state index is 0.139. The standard InChI is InChI=1S/C11H9ClFNO3/c12-6-3-7(13)5-8(4-6)14-9(15)11(1-2-11)10(16)17/h3-5H,1-2H2,(H,14,15)(H,16,17). The highest BCUT2D eigenvalue weighted by atomic mass is 35.5. The van der Waals surface area contributed by atoms with Gasteiger partial charge in [-0.15, -0.1) is 0 Å². The minimum Gasteiger partial charge on any atom is -0.480 e. The van der Waals surface area contributed by atoms with Gasteiger partial charge in [-0.05, 0) is 31.0 Å². The van der Waals surface area contributed by atoms with Gasteiger partial charge < -0.3 is 10.4 Å². The summed E-state index contributed by atoms with van der Waals surface area (Å²) in [5.74, 6) is -2.38. The Morgan fingerprint density at radius 1 is 1.35 bits per heavy atom. The molecule has 1 amide bonds. The summed E-state index contributed by atoms with van der Waals surface area (Å²) in [6.07, 6.45) is 0.606. The lowest BCUT2D eigenvalue weighted by Crippen LogP contribution is -2.31. The zero-order chi connectivity index (χ0) is 12.6. The number of nitrogens with one attached hydrogen (secondary N) is 1. The van der Waals surface area contributed by atoms with Crippen LogP contribution in [0, 0.1) is 11.2 Å². The molecule has 0 radical (unpaired) electrons. The van der Waals surface area contributed by atoms with Crippen LogP contribution >= 0.6 is 11.6 Å². The molecule has 2 N–H and O–H groups in total. The fraction of sp³-hybridized carbons (Fsp3) is 0.273. The Hall–Kier alpha value is -1.62. The third-order valence-corrected chi connectivity index (χ3v) is 2.93. The molecule has 0 atom stereocenters. The average Bonchev–Trinajstić information content (AvgIpc) is 2.95. The van der Waals surface area contributed by atoms with Crippen LogP contribution < -0.4 is 5.32 Å². The van der Waals surface area contributed by atoms with Gasteiger partial charge in [0, 0.05) is 10.7 Å². The Labute approximate surface area is 101 Å². The molecule has 0 aromatic heterocycles. The molecule has 1 aliphatic carbocycles. The molecule has 6 heteroatoms. The zero-order valence-electron chi connectivity index (χ0n) is 8.67. The second-order valence-electron chi connectivity index (χ2n) is 4.00. The minimum atomic E-state index is -1.35. The number of benzene rings is 1. The maximum absolute atomic E-state index is 13.0. The van der Waals surface area contributed by atoms with Gasteiger partial charge in [-0.2, -0.15) is 0 Å². The van der Waals surface area contributed by atoms with E-state index >= 15 is 0 Å². The molecule has 1 saturated carbocycles. The predicted octanol–water partition coefficient (Wildman–Crippen LogP) is 2.28. The summed E-state index contributed by atoms with van der Waals surface area (Å²) in [5, 5.41) is 11.4. The number of carboxylic acid groups (broad SMARTS) is 1. The van der Waals surface area contributed by atoms with Crippen molar-refractivity contribution >= 4 is 29.2 Å². The average molecular weight is 258 g/mol. The first kappa shape index (κ1) is 11.9. The predicted molar refractivity (Wildman–Crippen MR) is 59.3 cm³/mol. The van der Waals surface area contributed by atoms with Crippen LogP contribution in [0.1, 0.15) is 12.8 Å². The Morgan fingerprint density at radius 2 is 2.00 bits per heavy atom. The number of halogens is 2. The normalized spacial score (nSPS) is 16.4. The van der Waals surface area contributed by atoms with Crippen molar-refractivity contribution in [3.8, 4) is 0 Å². The van der Waals surface area contributed by atoms with Gasteiger partial charge in [0.25, 0.3) is 0 Å². The number of amides is 1. The van der Waals surface area contributed by atoms with E-state index in [1.54, 1.807) is 0 Å². The van der Waals surface area contributed by atoms with E-state index in [9.17, 15) is 14.0 Å². The molecule has 0 unspecified atom stereocenters. The van der Waals surface area contributed by atoms with Crippen molar-refractivity contribution in [3.63, 3.8) is 0 Å². The second-order valence-corrected chi connectivity index (χ2v) is 4.44. The third kappa shape index (κ3) is 2.24. The molecule has 0 saturated heterocycles. The molecule has 1 aromatic carbocycles. The maximum atomic E-state index is 13.0. The van der Waals surface area contributed by atoms with Gasteiger partial charge in [0.2, 0.25) is 5.91 Å². The highest BCUT2D eigenvalue weighted by molar-refractivity contribution is 6.31. The summed E-state index contributed by atoms with van der Waals surface area (Å²) in [6, 6.07) is 3.55. The number of aliphatic carboxylic acids is 1. The Morgan fingerprint density at radius 3 is 2.47 bits per heavy atom. The Kier molecular flexibility index (Phi) is 2.79. The van der Waals surface area contributed by atoms with Crippen LogP contribution in [0.5, 0.6) is 0 Å². The summed E-state index contributed by atoms with van der Waals surface area (Å²) in [4.78, 5) is 22.6. The van der Waals surface area contributed by atoms with E-state index in [0.717, 1.165) is 12.1 Å².